The summed E-state index contributed by atoms with van der Waals surface area (Å²) < 4.78 is 5.27. The largest absolute Gasteiger partial charge is 0.465 e. The molecular weight excluding hydrogens is 368 g/mol. The summed E-state index contributed by atoms with van der Waals surface area (Å²) in [6, 6.07) is 8.43. The monoisotopic (exact) mass is 392 g/mol. The number of amides is 2. The maximum absolute atomic E-state index is 12.9. The van der Waals surface area contributed by atoms with E-state index in [4.69, 9.17) is 4.74 Å². The third-order valence-electron chi connectivity index (χ3n) is 5.23. The molecule has 1 aromatic rings. The van der Waals surface area contributed by atoms with Gasteiger partial charge in [-0.15, -0.1) is 0 Å². The van der Waals surface area contributed by atoms with Crippen LogP contribution in [0, 0.1) is 5.92 Å². The van der Waals surface area contributed by atoms with Gasteiger partial charge in [0.05, 0.1) is 5.92 Å². The van der Waals surface area contributed by atoms with Crippen LogP contribution < -0.4 is 10.6 Å². The van der Waals surface area contributed by atoms with E-state index in [9.17, 15) is 19.5 Å². The minimum atomic E-state index is -1.24. The molecule has 2 aliphatic rings. The van der Waals surface area contributed by atoms with Crippen LogP contribution in [0.25, 0.3) is 0 Å². The third kappa shape index (κ3) is 4.74. The van der Waals surface area contributed by atoms with Gasteiger partial charge >= 0.3 is 12.1 Å². The fraction of sp³-hybridized carbons (Fsp3) is 0.526. The maximum atomic E-state index is 12.9. The molecule has 1 aromatic carbocycles. The highest BCUT2D eigenvalue weighted by Gasteiger charge is 2.45. The van der Waals surface area contributed by atoms with Gasteiger partial charge in [0.15, 0.2) is 0 Å². The third-order valence-corrected chi connectivity index (χ3v) is 6.28. The Labute approximate surface area is 162 Å². The molecule has 3 N–H and O–H groups in total. The van der Waals surface area contributed by atoms with Crippen LogP contribution in [-0.2, 0) is 20.7 Å². The Morgan fingerprint density at radius 3 is 2.70 bits per heavy atom. The number of hydrogen-bond acceptors (Lipinski definition) is 5. The van der Waals surface area contributed by atoms with Crippen LogP contribution in [0.5, 0.6) is 0 Å². The van der Waals surface area contributed by atoms with Crippen LogP contribution in [0.15, 0.2) is 30.3 Å². The van der Waals surface area contributed by atoms with Crippen LogP contribution >= 0.6 is 11.8 Å². The van der Waals surface area contributed by atoms with E-state index in [1.54, 1.807) is 0 Å². The lowest BCUT2D eigenvalue weighted by atomic mass is 9.85. The van der Waals surface area contributed by atoms with E-state index >= 15 is 0 Å². The summed E-state index contributed by atoms with van der Waals surface area (Å²) in [6.45, 7) is 0. The second kappa shape index (κ2) is 8.65. The quantitative estimate of drug-likeness (QED) is 0.611. The molecule has 1 aliphatic carbocycles. The number of carbonyl (C=O) groups is 3. The average Bonchev–Trinajstić information content (AvgIpc) is 2.96. The minimum Gasteiger partial charge on any atom is -0.465 e. The van der Waals surface area contributed by atoms with Crippen LogP contribution in [0.3, 0.4) is 0 Å². The van der Waals surface area contributed by atoms with Gasteiger partial charge in [-0.25, -0.2) is 4.79 Å². The Bertz CT molecular complexity index is 699. The fourth-order valence-electron chi connectivity index (χ4n) is 3.84. The zero-order valence-corrected chi connectivity index (χ0v) is 15.9. The Hall–Kier alpha value is -2.22. The topological polar surface area (TPSA) is 105 Å². The number of benzene rings is 1. The Kier molecular flexibility index (Phi) is 6.26. The first-order valence-electron chi connectivity index (χ1n) is 9.05. The summed E-state index contributed by atoms with van der Waals surface area (Å²) in [5, 5.41) is 14.2. The van der Waals surface area contributed by atoms with E-state index in [1.165, 1.54) is 11.8 Å². The van der Waals surface area contributed by atoms with Gasteiger partial charge in [-0.2, -0.15) is 11.8 Å². The number of rotatable bonds is 7. The van der Waals surface area contributed by atoms with Crippen molar-refractivity contribution in [1.29, 1.82) is 0 Å². The van der Waals surface area contributed by atoms with Crippen molar-refractivity contribution in [3.05, 3.63) is 35.9 Å². The molecule has 0 radical (unpaired) electrons. The normalized spacial score (nSPS) is 26.0. The van der Waals surface area contributed by atoms with Crippen molar-refractivity contribution in [2.45, 2.75) is 49.1 Å². The number of carboxylic acid groups (broad SMARTS) is 1. The number of thioether (sulfide) groups is 1. The summed E-state index contributed by atoms with van der Waals surface area (Å²) in [6.07, 6.45) is 3.13. The van der Waals surface area contributed by atoms with E-state index in [2.05, 4.69) is 10.6 Å². The summed E-state index contributed by atoms with van der Waals surface area (Å²) in [4.78, 5) is 36.1. The highest BCUT2D eigenvalue weighted by Crippen LogP contribution is 2.34. The molecule has 0 aromatic heterocycles. The van der Waals surface area contributed by atoms with Gasteiger partial charge < -0.3 is 20.5 Å². The summed E-state index contributed by atoms with van der Waals surface area (Å²) >= 11 is 1.44. The smallest absolute Gasteiger partial charge is 0.405 e. The first-order chi connectivity index (χ1) is 13.0. The maximum Gasteiger partial charge on any atom is 0.405 e. The van der Waals surface area contributed by atoms with Crippen molar-refractivity contribution in [3.8, 4) is 0 Å². The van der Waals surface area contributed by atoms with Crippen molar-refractivity contribution in [2.24, 2.45) is 5.92 Å². The average molecular weight is 392 g/mol. The van der Waals surface area contributed by atoms with Gasteiger partial charge in [0, 0.05) is 11.3 Å². The molecule has 2 amide bonds. The molecule has 27 heavy (non-hydrogen) atoms. The van der Waals surface area contributed by atoms with Crippen molar-refractivity contribution in [3.63, 3.8) is 0 Å². The fourth-order valence-corrected chi connectivity index (χ4v) is 4.66. The predicted molar refractivity (Wildman–Crippen MR) is 102 cm³/mol. The molecule has 146 valence electrons. The number of carbonyl (C=O) groups excluding carboxylic acids is 2. The number of hydrogen-bond donors (Lipinski definition) is 3. The van der Waals surface area contributed by atoms with E-state index in [-0.39, 0.29) is 29.3 Å². The summed E-state index contributed by atoms with van der Waals surface area (Å²) in [5.74, 6) is -0.993. The highest BCUT2D eigenvalue weighted by molar-refractivity contribution is 7.99. The van der Waals surface area contributed by atoms with Gasteiger partial charge in [0.1, 0.15) is 12.1 Å². The zero-order valence-electron chi connectivity index (χ0n) is 15.1. The first-order valence-corrected chi connectivity index (χ1v) is 10.3. The summed E-state index contributed by atoms with van der Waals surface area (Å²) in [7, 11) is 0. The van der Waals surface area contributed by atoms with E-state index < -0.39 is 18.0 Å². The summed E-state index contributed by atoms with van der Waals surface area (Å²) in [5.41, 5.74) is 1.03. The molecular formula is C19H24N2O5S. The van der Waals surface area contributed by atoms with E-state index in [1.807, 2.05) is 36.6 Å². The standard InChI is InChI=1S/C19H24N2O5S/c1-27-15(9-11-5-3-2-4-6-11)16(21-19(24)25)17(22)20-14-8-7-12-10-13(14)18(23)26-12/h2-6,12-16,21H,7-10H2,1H3,(H,20,22)(H,24,25)/t12-,13+,14+,15-,16?/m1/s1. The lowest BCUT2D eigenvalue weighted by Gasteiger charge is -2.30. The van der Waals surface area contributed by atoms with Crippen LogP contribution in [0.2, 0.25) is 0 Å². The molecule has 1 unspecified atom stereocenters. The SMILES string of the molecule is CS[C@H](Cc1ccccc1)C(NC(=O)O)C(=O)N[C@H]1CC[C@@H]2C[C@@H]1C(=O)O2. The highest BCUT2D eigenvalue weighted by atomic mass is 32.2. The van der Waals surface area contributed by atoms with Crippen molar-refractivity contribution in [1.82, 2.24) is 10.6 Å². The zero-order chi connectivity index (χ0) is 19.4. The minimum absolute atomic E-state index is 0.0411. The molecule has 3 rings (SSSR count). The van der Waals surface area contributed by atoms with Gasteiger partial charge in [-0.1, -0.05) is 30.3 Å². The molecule has 7 nitrogen and oxygen atoms in total. The first kappa shape index (κ1) is 19.5. The number of esters is 1. The van der Waals surface area contributed by atoms with Gasteiger partial charge in [-0.3, -0.25) is 9.59 Å². The second-order valence-electron chi connectivity index (χ2n) is 6.98. The Morgan fingerprint density at radius 1 is 1.30 bits per heavy atom. The lowest BCUT2D eigenvalue weighted by Crippen LogP contribution is -2.56. The number of fused-ring (bicyclic) bond motifs is 2. The Balaban J connectivity index is 1.71. The molecule has 2 fully saturated rings. The van der Waals surface area contributed by atoms with E-state index in [0.717, 1.165) is 12.0 Å². The molecule has 5 atom stereocenters. The molecule has 8 heteroatoms. The molecule has 1 saturated carbocycles. The molecule has 0 spiro atoms. The van der Waals surface area contributed by atoms with Crippen LogP contribution in [-0.4, -0.2) is 52.8 Å². The van der Waals surface area contributed by atoms with E-state index in [0.29, 0.717) is 19.3 Å². The van der Waals surface area contributed by atoms with Gasteiger partial charge in [-0.05, 0) is 37.5 Å². The Morgan fingerprint density at radius 2 is 2.04 bits per heavy atom. The van der Waals surface area contributed by atoms with Crippen LogP contribution in [0.1, 0.15) is 24.8 Å². The molecule has 2 bridgehead atoms. The van der Waals surface area contributed by atoms with Gasteiger partial charge in [0.2, 0.25) is 5.91 Å². The van der Waals surface area contributed by atoms with Crippen molar-refractivity contribution in [2.75, 3.05) is 6.26 Å². The van der Waals surface area contributed by atoms with Crippen molar-refractivity contribution >= 4 is 29.7 Å². The second-order valence-corrected chi connectivity index (χ2v) is 8.06. The number of ether oxygens (including phenoxy) is 1. The van der Waals surface area contributed by atoms with Gasteiger partial charge in [0.25, 0.3) is 0 Å². The predicted octanol–water partition coefficient (Wildman–Crippen LogP) is 1.81. The molecule has 1 aliphatic heterocycles. The molecule has 1 heterocycles. The van der Waals surface area contributed by atoms with Crippen LogP contribution in [0.4, 0.5) is 4.79 Å². The van der Waals surface area contributed by atoms with Crippen molar-refractivity contribution < 1.29 is 24.2 Å². The lowest BCUT2D eigenvalue weighted by molar-refractivity contribution is -0.143. The molecule has 1 saturated heterocycles. The number of nitrogens with one attached hydrogen (secondary N) is 2.